The van der Waals surface area contributed by atoms with Gasteiger partial charge in [-0.2, -0.15) is 0 Å². The predicted octanol–water partition coefficient (Wildman–Crippen LogP) is 13.7. The summed E-state index contributed by atoms with van der Waals surface area (Å²) in [7, 11) is 0. The van der Waals surface area contributed by atoms with Crippen molar-refractivity contribution in [1.82, 2.24) is 5.32 Å². The number of hydrogen-bond acceptors (Lipinski definition) is 3. The topological polar surface area (TPSA) is 69.6 Å². The van der Waals surface area contributed by atoms with Crippen molar-refractivity contribution in [3.8, 4) is 0 Å². The van der Waals surface area contributed by atoms with Crippen molar-refractivity contribution >= 4 is 5.91 Å². The Bertz CT molecular complexity index is 626. The fourth-order valence-electron chi connectivity index (χ4n) is 7.18. The number of aliphatic hydroxyl groups excluding tert-OH is 2. The molecule has 0 aromatic heterocycles. The second kappa shape index (κ2) is 39.2. The first kappa shape index (κ1) is 47.4. The van der Waals surface area contributed by atoms with Crippen LogP contribution in [0.25, 0.3) is 0 Å². The molecule has 0 radical (unpaired) electrons. The number of carbonyl (C=O) groups is 1. The average molecular weight is 680 g/mol. The Balaban J connectivity index is 3.43. The van der Waals surface area contributed by atoms with Crippen LogP contribution in [-0.4, -0.2) is 34.4 Å². The summed E-state index contributed by atoms with van der Waals surface area (Å²) in [4.78, 5) is 12.4. The largest absolute Gasteiger partial charge is 0.390 e. The second-order valence-electron chi connectivity index (χ2n) is 15.6. The molecule has 0 aromatic rings. The number of aliphatic hydroxyl groups is 2. The SMILES string of the molecule is CCCCCCCCCCCCCCCCCCCCCCCCCC(=O)N[C@@H](C)[C@H](O)[C@H](O)CCCCCCCCCCCCCC. The van der Waals surface area contributed by atoms with Gasteiger partial charge in [-0.1, -0.05) is 232 Å². The van der Waals surface area contributed by atoms with Crippen LogP contribution in [0.1, 0.15) is 258 Å². The molecule has 0 fully saturated rings. The molecule has 0 saturated heterocycles. The Morgan fingerprint density at radius 3 is 0.958 bits per heavy atom. The Morgan fingerprint density at radius 1 is 0.417 bits per heavy atom. The van der Waals surface area contributed by atoms with Crippen LogP contribution < -0.4 is 5.32 Å². The molecule has 0 aliphatic heterocycles. The minimum absolute atomic E-state index is 0.00242. The molecule has 0 unspecified atom stereocenters. The van der Waals surface area contributed by atoms with E-state index in [1.807, 2.05) is 6.92 Å². The lowest BCUT2D eigenvalue weighted by molar-refractivity contribution is -0.123. The third kappa shape index (κ3) is 35.2. The van der Waals surface area contributed by atoms with Gasteiger partial charge in [-0.15, -0.1) is 0 Å². The van der Waals surface area contributed by atoms with Gasteiger partial charge >= 0.3 is 0 Å². The number of carbonyl (C=O) groups excluding carboxylic acids is 1. The average Bonchev–Trinajstić information content (AvgIpc) is 3.08. The van der Waals surface area contributed by atoms with Gasteiger partial charge in [0, 0.05) is 6.42 Å². The molecule has 0 aromatic carbocycles. The van der Waals surface area contributed by atoms with Gasteiger partial charge in [0.05, 0.1) is 18.2 Å². The van der Waals surface area contributed by atoms with E-state index in [0.29, 0.717) is 12.8 Å². The summed E-state index contributed by atoms with van der Waals surface area (Å²) in [5.41, 5.74) is 0. The van der Waals surface area contributed by atoms with Crippen molar-refractivity contribution in [3.05, 3.63) is 0 Å². The van der Waals surface area contributed by atoms with Crippen molar-refractivity contribution in [1.29, 1.82) is 0 Å². The molecular weight excluding hydrogens is 590 g/mol. The number of amides is 1. The summed E-state index contributed by atoms with van der Waals surface area (Å²) in [6.45, 7) is 6.37. The van der Waals surface area contributed by atoms with E-state index in [1.54, 1.807) is 0 Å². The lowest BCUT2D eigenvalue weighted by atomic mass is 9.99. The first-order valence-electron chi connectivity index (χ1n) is 22.2. The standard InChI is InChI=1S/C44H89NO3/c1-4-6-8-10-12-14-16-18-19-20-21-22-23-24-25-26-27-28-30-32-34-36-38-40-43(47)45-41(3)44(48)42(46)39-37-35-33-31-29-17-15-13-11-9-7-5-2/h41-42,44,46,48H,4-40H2,1-3H3,(H,45,47)/t41-,42+,44-/m0/s1. The van der Waals surface area contributed by atoms with E-state index in [4.69, 9.17) is 0 Å². The van der Waals surface area contributed by atoms with Gasteiger partial charge < -0.3 is 15.5 Å². The summed E-state index contributed by atoms with van der Waals surface area (Å²) in [6.07, 6.45) is 46.5. The van der Waals surface area contributed by atoms with Crippen molar-refractivity contribution in [3.63, 3.8) is 0 Å². The Morgan fingerprint density at radius 2 is 0.667 bits per heavy atom. The van der Waals surface area contributed by atoms with E-state index in [-0.39, 0.29) is 5.91 Å². The molecule has 0 rings (SSSR count). The van der Waals surface area contributed by atoms with E-state index >= 15 is 0 Å². The van der Waals surface area contributed by atoms with Crippen LogP contribution >= 0.6 is 0 Å². The molecule has 4 heteroatoms. The van der Waals surface area contributed by atoms with Crippen LogP contribution in [0.2, 0.25) is 0 Å². The number of rotatable bonds is 40. The second-order valence-corrected chi connectivity index (χ2v) is 15.6. The highest BCUT2D eigenvalue weighted by Crippen LogP contribution is 2.17. The van der Waals surface area contributed by atoms with Gasteiger partial charge in [0.2, 0.25) is 5.91 Å². The predicted molar refractivity (Wildman–Crippen MR) is 212 cm³/mol. The molecule has 48 heavy (non-hydrogen) atoms. The zero-order valence-corrected chi connectivity index (χ0v) is 33.2. The zero-order valence-electron chi connectivity index (χ0n) is 33.2. The summed E-state index contributed by atoms with van der Waals surface area (Å²) >= 11 is 0. The quantitative estimate of drug-likeness (QED) is 0.0565. The van der Waals surface area contributed by atoms with Crippen molar-refractivity contribution in [2.75, 3.05) is 0 Å². The number of unbranched alkanes of at least 4 members (excludes halogenated alkanes) is 33. The van der Waals surface area contributed by atoms with Crippen molar-refractivity contribution in [2.45, 2.75) is 277 Å². The zero-order chi connectivity index (χ0) is 35.2. The highest BCUT2D eigenvalue weighted by Gasteiger charge is 2.23. The fraction of sp³-hybridized carbons (Fsp3) is 0.977. The van der Waals surface area contributed by atoms with E-state index in [0.717, 1.165) is 25.7 Å². The molecule has 0 aliphatic carbocycles. The third-order valence-electron chi connectivity index (χ3n) is 10.7. The van der Waals surface area contributed by atoms with Crippen LogP contribution in [0.5, 0.6) is 0 Å². The Labute approximate surface area is 302 Å². The van der Waals surface area contributed by atoms with Crippen LogP contribution in [0.15, 0.2) is 0 Å². The molecule has 0 bridgehead atoms. The minimum atomic E-state index is -0.893. The van der Waals surface area contributed by atoms with E-state index < -0.39 is 18.2 Å². The first-order chi connectivity index (χ1) is 23.5. The molecule has 0 heterocycles. The van der Waals surface area contributed by atoms with Gasteiger partial charge in [-0.3, -0.25) is 4.79 Å². The van der Waals surface area contributed by atoms with Crippen LogP contribution in [0, 0.1) is 0 Å². The maximum atomic E-state index is 12.4. The van der Waals surface area contributed by atoms with E-state index in [2.05, 4.69) is 19.2 Å². The minimum Gasteiger partial charge on any atom is -0.390 e. The maximum absolute atomic E-state index is 12.4. The first-order valence-corrected chi connectivity index (χ1v) is 22.2. The van der Waals surface area contributed by atoms with E-state index in [9.17, 15) is 15.0 Å². The van der Waals surface area contributed by atoms with Gasteiger partial charge in [0.15, 0.2) is 0 Å². The molecule has 0 spiro atoms. The molecule has 0 saturated carbocycles. The van der Waals surface area contributed by atoms with Gasteiger partial charge in [0.25, 0.3) is 0 Å². The lowest BCUT2D eigenvalue weighted by Crippen LogP contribution is -2.46. The molecule has 0 aliphatic rings. The van der Waals surface area contributed by atoms with Gasteiger partial charge in [0.1, 0.15) is 0 Å². The molecule has 3 atom stereocenters. The number of nitrogens with one attached hydrogen (secondary N) is 1. The summed E-state index contributed by atoms with van der Waals surface area (Å²) in [6, 6.07) is -0.408. The smallest absolute Gasteiger partial charge is 0.220 e. The maximum Gasteiger partial charge on any atom is 0.220 e. The van der Waals surface area contributed by atoms with Crippen molar-refractivity contribution < 1.29 is 15.0 Å². The van der Waals surface area contributed by atoms with Crippen LogP contribution in [0.3, 0.4) is 0 Å². The highest BCUT2D eigenvalue weighted by molar-refractivity contribution is 5.76. The third-order valence-corrected chi connectivity index (χ3v) is 10.7. The fourth-order valence-corrected chi connectivity index (χ4v) is 7.18. The summed E-state index contributed by atoms with van der Waals surface area (Å²) < 4.78 is 0. The van der Waals surface area contributed by atoms with Crippen LogP contribution in [0.4, 0.5) is 0 Å². The molecule has 3 N–H and O–H groups in total. The van der Waals surface area contributed by atoms with Crippen LogP contribution in [-0.2, 0) is 4.79 Å². The molecule has 1 amide bonds. The molecular formula is C44H89NO3. The highest BCUT2D eigenvalue weighted by atomic mass is 16.3. The number of hydrogen-bond donors (Lipinski definition) is 3. The monoisotopic (exact) mass is 680 g/mol. The van der Waals surface area contributed by atoms with Gasteiger partial charge in [-0.05, 0) is 19.8 Å². The Kier molecular flexibility index (Phi) is 38.7. The summed E-state index contributed by atoms with van der Waals surface area (Å²) in [5.74, 6) is 0.00242. The Hall–Kier alpha value is -0.610. The molecule has 288 valence electrons. The van der Waals surface area contributed by atoms with E-state index in [1.165, 1.54) is 199 Å². The molecule has 4 nitrogen and oxygen atoms in total. The van der Waals surface area contributed by atoms with Gasteiger partial charge in [-0.25, -0.2) is 0 Å². The lowest BCUT2D eigenvalue weighted by Gasteiger charge is -2.25. The van der Waals surface area contributed by atoms with Crippen molar-refractivity contribution in [2.24, 2.45) is 0 Å². The normalized spacial score (nSPS) is 13.5. The summed E-state index contributed by atoms with van der Waals surface area (Å²) in [5, 5.41) is 23.9.